The Labute approximate surface area is 221 Å². The number of anilines is 2. The fourth-order valence-electron chi connectivity index (χ4n) is 6.45. The highest BCUT2D eigenvalue weighted by atomic mass is 16.2. The highest BCUT2D eigenvalue weighted by Crippen LogP contribution is 2.47. The summed E-state index contributed by atoms with van der Waals surface area (Å²) >= 11 is 0. The summed E-state index contributed by atoms with van der Waals surface area (Å²) in [6.07, 6.45) is 2.83. The molecule has 1 fully saturated rings. The molecule has 38 heavy (non-hydrogen) atoms. The molecular formula is C30H31N5O3. The second-order valence-electron chi connectivity index (χ2n) is 11.2. The van der Waals surface area contributed by atoms with Gasteiger partial charge in [-0.3, -0.25) is 19.7 Å². The Balaban J connectivity index is 1.22. The minimum Gasteiger partial charge on any atom is -0.325 e. The van der Waals surface area contributed by atoms with Crippen LogP contribution in [0.3, 0.4) is 0 Å². The number of piperazine rings is 1. The second kappa shape index (κ2) is 8.77. The molecule has 3 atom stereocenters. The molecule has 3 heterocycles. The fraction of sp³-hybridized carbons (Fsp3) is 0.333. The summed E-state index contributed by atoms with van der Waals surface area (Å²) in [4.78, 5) is 45.7. The minimum absolute atomic E-state index is 0.0334. The van der Waals surface area contributed by atoms with Crippen molar-refractivity contribution < 1.29 is 14.4 Å². The van der Waals surface area contributed by atoms with Crippen molar-refractivity contribution in [3.05, 3.63) is 89.1 Å². The summed E-state index contributed by atoms with van der Waals surface area (Å²) in [6.45, 7) is 5.68. The summed E-state index contributed by atoms with van der Waals surface area (Å²) in [6, 6.07) is 19.1. The van der Waals surface area contributed by atoms with E-state index in [1.807, 2.05) is 81.4 Å². The Morgan fingerprint density at radius 3 is 2.61 bits per heavy atom. The molecule has 2 aromatic carbocycles. The van der Waals surface area contributed by atoms with Gasteiger partial charge in [0.05, 0.1) is 17.0 Å². The van der Waals surface area contributed by atoms with E-state index >= 15 is 0 Å². The number of pyridine rings is 1. The van der Waals surface area contributed by atoms with E-state index < -0.39 is 11.0 Å². The van der Waals surface area contributed by atoms with Crippen LogP contribution in [0.25, 0.3) is 0 Å². The molecule has 194 valence electrons. The predicted octanol–water partition coefficient (Wildman–Crippen LogP) is 3.35. The molecule has 3 amide bonds. The maximum Gasteiger partial charge on any atom is 0.244 e. The van der Waals surface area contributed by atoms with Crippen LogP contribution >= 0.6 is 0 Å². The monoisotopic (exact) mass is 509 g/mol. The van der Waals surface area contributed by atoms with Gasteiger partial charge in [-0.05, 0) is 68.5 Å². The molecule has 0 radical (unpaired) electrons. The molecule has 1 spiro atoms. The molecule has 3 N–H and O–H groups in total. The topological polar surface area (TPSA) is 103 Å². The zero-order valence-electron chi connectivity index (χ0n) is 21.7. The van der Waals surface area contributed by atoms with Gasteiger partial charge in [0, 0.05) is 23.5 Å². The lowest BCUT2D eigenvalue weighted by atomic mass is 9.79. The van der Waals surface area contributed by atoms with Crippen molar-refractivity contribution in [1.82, 2.24) is 15.2 Å². The van der Waals surface area contributed by atoms with Gasteiger partial charge in [0.15, 0.2) is 0 Å². The van der Waals surface area contributed by atoms with Gasteiger partial charge in [-0.2, -0.15) is 0 Å². The number of carbonyl (C=O) groups is 3. The van der Waals surface area contributed by atoms with E-state index in [0.717, 1.165) is 22.3 Å². The number of nitrogens with one attached hydrogen (secondary N) is 3. The summed E-state index contributed by atoms with van der Waals surface area (Å²) in [5.74, 6) is 0.221. The molecular weight excluding hydrogens is 478 g/mol. The molecule has 0 unspecified atom stereocenters. The zero-order chi connectivity index (χ0) is 26.7. The Bertz CT molecular complexity index is 1450. The van der Waals surface area contributed by atoms with E-state index in [4.69, 9.17) is 0 Å². The molecule has 1 aliphatic carbocycles. The Morgan fingerprint density at radius 1 is 1.05 bits per heavy atom. The van der Waals surface area contributed by atoms with Crippen LogP contribution in [0.1, 0.15) is 49.1 Å². The number of benzene rings is 2. The normalized spacial score (nSPS) is 25.2. The number of fused-ring (bicyclic) bond motifs is 3. The van der Waals surface area contributed by atoms with Gasteiger partial charge in [0.1, 0.15) is 12.4 Å². The third-order valence-electron chi connectivity index (χ3n) is 8.11. The van der Waals surface area contributed by atoms with Gasteiger partial charge in [0.25, 0.3) is 0 Å². The molecule has 6 rings (SSSR count). The number of nitrogens with zero attached hydrogens (tertiary/aromatic N) is 2. The third kappa shape index (κ3) is 3.87. The van der Waals surface area contributed by atoms with Gasteiger partial charge in [0.2, 0.25) is 17.7 Å². The van der Waals surface area contributed by atoms with Crippen molar-refractivity contribution >= 4 is 29.2 Å². The van der Waals surface area contributed by atoms with E-state index in [1.54, 1.807) is 11.1 Å². The fourth-order valence-corrected chi connectivity index (χ4v) is 6.45. The minimum atomic E-state index is -0.778. The second-order valence-corrected chi connectivity index (χ2v) is 11.2. The number of amides is 3. The maximum absolute atomic E-state index is 13.4. The van der Waals surface area contributed by atoms with Crippen LogP contribution in [-0.4, -0.2) is 45.7 Å². The molecule has 1 aromatic heterocycles. The highest BCUT2D eigenvalue weighted by Gasteiger charge is 2.51. The van der Waals surface area contributed by atoms with E-state index in [-0.39, 0.29) is 36.3 Å². The molecule has 2 aliphatic heterocycles. The van der Waals surface area contributed by atoms with Gasteiger partial charge < -0.3 is 15.5 Å². The SMILES string of the molecule is C[C@@H]1NC(C)(C)C(=O)N(CC(=O)Nc2ccc3c(c2)C[C@@]2(C3)C(=O)Nc3ncccc32)[C@H]1c1ccccc1. The van der Waals surface area contributed by atoms with Gasteiger partial charge >= 0.3 is 0 Å². The first-order valence-corrected chi connectivity index (χ1v) is 13.0. The van der Waals surface area contributed by atoms with Gasteiger partial charge in [-0.1, -0.05) is 42.5 Å². The van der Waals surface area contributed by atoms with Crippen LogP contribution in [0.5, 0.6) is 0 Å². The Kier molecular flexibility index (Phi) is 5.61. The van der Waals surface area contributed by atoms with Crippen LogP contribution in [0.15, 0.2) is 66.9 Å². The van der Waals surface area contributed by atoms with E-state index in [9.17, 15) is 14.4 Å². The maximum atomic E-state index is 13.4. The lowest BCUT2D eigenvalue weighted by molar-refractivity contribution is -0.148. The van der Waals surface area contributed by atoms with Gasteiger partial charge in [-0.15, -0.1) is 0 Å². The predicted molar refractivity (Wildman–Crippen MR) is 145 cm³/mol. The van der Waals surface area contributed by atoms with Crippen molar-refractivity contribution in [2.24, 2.45) is 0 Å². The quantitative estimate of drug-likeness (QED) is 0.501. The summed E-state index contributed by atoms with van der Waals surface area (Å²) in [5, 5.41) is 9.33. The molecule has 3 aromatic rings. The van der Waals surface area contributed by atoms with Crippen LogP contribution in [0.4, 0.5) is 11.5 Å². The highest BCUT2D eigenvalue weighted by molar-refractivity contribution is 6.06. The van der Waals surface area contributed by atoms with Crippen molar-refractivity contribution in [1.29, 1.82) is 0 Å². The standard InChI is InChI=1S/C30H31N5O3/c1-18-25(19-8-5-4-6-9-19)35(28(38)29(2,3)34-18)17-24(36)32-22-12-11-20-15-30(16-21(20)14-22)23-10-7-13-31-26(23)33-27(30)37/h4-14,18,25,34H,15-17H2,1-3H3,(H,32,36)(H,31,33,37)/t18-,25+,30+/m0/s1. The number of aromatic nitrogens is 1. The Hall–Kier alpha value is -4.04. The summed E-state index contributed by atoms with van der Waals surface area (Å²) < 4.78 is 0. The molecule has 0 bridgehead atoms. The molecule has 8 heteroatoms. The lowest BCUT2D eigenvalue weighted by Gasteiger charge is -2.47. The number of hydrogen-bond acceptors (Lipinski definition) is 5. The largest absolute Gasteiger partial charge is 0.325 e. The summed E-state index contributed by atoms with van der Waals surface area (Å²) in [7, 11) is 0. The zero-order valence-corrected chi connectivity index (χ0v) is 21.7. The molecule has 0 saturated carbocycles. The van der Waals surface area contributed by atoms with Gasteiger partial charge in [-0.25, -0.2) is 4.98 Å². The summed E-state index contributed by atoms with van der Waals surface area (Å²) in [5.41, 5.74) is 3.24. The van der Waals surface area contributed by atoms with Crippen molar-refractivity contribution in [2.45, 2.75) is 56.7 Å². The van der Waals surface area contributed by atoms with Crippen molar-refractivity contribution in [2.75, 3.05) is 17.2 Å². The van der Waals surface area contributed by atoms with E-state index in [0.29, 0.717) is 24.3 Å². The first-order valence-electron chi connectivity index (χ1n) is 13.0. The van der Waals surface area contributed by atoms with Crippen LogP contribution in [0.2, 0.25) is 0 Å². The van der Waals surface area contributed by atoms with Crippen LogP contribution in [0, 0.1) is 0 Å². The van der Waals surface area contributed by atoms with E-state index in [1.165, 1.54) is 0 Å². The molecule has 3 aliphatic rings. The lowest BCUT2D eigenvalue weighted by Crippen LogP contribution is -2.66. The Morgan fingerprint density at radius 2 is 1.82 bits per heavy atom. The number of carbonyl (C=O) groups excluding carboxylic acids is 3. The van der Waals surface area contributed by atoms with Crippen molar-refractivity contribution in [3.8, 4) is 0 Å². The first kappa shape index (κ1) is 24.3. The van der Waals surface area contributed by atoms with E-state index in [2.05, 4.69) is 20.9 Å². The average Bonchev–Trinajstić information content (AvgIpc) is 3.40. The van der Waals surface area contributed by atoms with Crippen molar-refractivity contribution in [3.63, 3.8) is 0 Å². The average molecular weight is 510 g/mol. The molecule has 1 saturated heterocycles. The third-order valence-corrected chi connectivity index (χ3v) is 8.11. The van der Waals surface area contributed by atoms with Crippen LogP contribution in [-0.2, 0) is 32.6 Å². The smallest absolute Gasteiger partial charge is 0.244 e. The number of hydrogen-bond donors (Lipinski definition) is 3. The first-order chi connectivity index (χ1) is 18.2. The number of rotatable bonds is 4. The van der Waals surface area contributed by atoms with Crippen LogP contribution < -0.4 is 16.0 Å². The molecule has 8 nitrogen and oxygen atoms in total.